The van der Waals surface area contributed by atoms with Crippen LogP contribution in [0.2, 0.25) is 0 Å². The van der Waals surface area contributed by atoms with E-state index < -0.39 is 11.9 Å². The lowest BCUT2D eigenvalue weighted by molar-refractivity contribution is -0.140. The van der Waals surface area contributed by atoms with Gasteiger partial charge in [0, 0.05) is 12.4 Å². The lowest BCUT2D eigenvalue weighted by Gasteiger charge is -2.13. The van der Waals surface area contributed by atoms with Crippen molar-refractivity contribution in [3.05, 3.63) is 30.1 Å². The predicted molar refractivity (Wildman–Crippen MR) is 60.0 cm³/mol. The van der Waals surface area contributed by atoms with Crippen LogP contribution in [0, 0.1) is 11.8 Å². The normalized spacial score (nSPS) is 23.8. The fourth-order valence-electron chi connectivity index (χ4n) is 1.79. The van der Waals surface area contributed by atoms with Crippen molar-refractivity contribution in [3.63, 3.8) is 0 Å². The van der Waals surface area contributed by atoms with Gasteiger partial charge in [-0.2, -0.15) is 0 Å². The standard InChI is InChI=1S/C12H14N2O3/c1-7(8-3-2-4-13-6-8)14-11(15)9-5-10(9)12(16)17/h2-4,6-7,9-10H,5H2,1H3,(H,14,15)(H,16,17)/t7?,9-,10+/m1/s1. The third kappa shape index (κ3) is 2.61. The average Bonchev–Trinajstić information content (AvgIpc) is 3.10. The number of amides is 1. The first-order valence-corrected chi connectivity index (χ1v) is 5.52. The lowest BCUT2D eigenvalue weighted by Crippen LogP contribution is -2.29. The molecule has 1 unspecified atom stereocenters. The van der Waals surface area contributed by atoms with Crippen molar-refractivity contribution in [2.75, 3.05) is 0 Å². The van der Waals surface area contributed by atoms with E-state index in [0.29, 0.717) is 6.42 Å². The number of carboxylic acid groups (broad SMARTS) is 1. The van der Waals surface area contributed by atoms with E-state index in [-0.39, 0.29) is 17.9 Å². The number of carbonyl (C=O) groups excluding carboxylic acids is 1. The highest BCUT2D eigenvalue weighted by molar-refractivity contribution is 5.89. The highest BCUT2D eigenvalue weighted by Gasteiger charge is 2.48. The number of carboxylic acids is 1. The minimum atomic E-state index is -0.890. The Morgan fingerprint density at radius 1 is 1.53 bits per heavy atom. The van der Waals surface area contributed by atoms with Crippen LogP contribution in [0.25, 0.3) is 0 Å². The van der Waals surface area contributed by atoms with Crippen molar-refractivity contribution in [3.8, 4) is 0 Å². The molecule has 3 atom stereocenters. The zero-order chi connectivity index (χ0) is 12.4. The number of pyridine rings is 1. The topological polar surface area (TPSA) is 79.3 Å². The molecule has 0 aliphatic heterocycles. The van der Waals surface area contributed by atoms with Gasteiger partial charge < -0.3 is 10.4 Å². The average molecular weight is 234 g/mol. The smallest absolute Gasteiger partial charge is 0.307 e. The van der Waals surface area contributed by atoms with Gasteiger partial charge in [-0.25, -0.2) is 0 Å². The van der Waals surface area contributed by atoms with Gasteiger partial charge >= 0.3 is 5.97 Å². The quantitative estimate of drug-likeness (QED) is 0.813. The Bertz CT molecular complexity index is 433. The Hall–Kier alpha value is -1.91. The summed E-state index contributed by atoms with van der Waals surface area (Å²) in [4.78, 5) is 26.3. The predicted octanol–water partition coefficient (Wildman–Crippen LogP) is 0.980. The third-order valence-corrected chi connectivity index (χ3v) is 2.99. The Morgan fingerprint density at radius 3 is 2.82 bits per heavy atom. The van der Waals surface area contributed by atoms with Crippen molar-refractivity contribution < 1.29 is 14.7 Å². The summed E-state index contributed by atoms with van der Waals surface area (Å²) in [6, 6.07) is 3.53. The summed E-state index contributed by atoms with van der Waals surface area (Å²) >= 11 is 0. The van der Waals surface area contributed by atoms with E-state index in [0.717, 1.165) is 5.56 Å². The molecule has 1 amide bonds. The van der Waals surface area contributed by atoms with E-state index >= 15 is 0 Å². The molecule has 2 rings (SSSR count). The fourth-order valence-corrected chi connectivity index (χ4v) is 1.79. The van der Waals surface area contributed by atoms with Gasteiger partial charge in [0.15, 0.2) is 0 Å². The highest BCUT2D eigenvalue weighted by atomic mass is 16.4. The number of hydrogen-bond donors (Lipinski definition) is 2. The van der Waals surface area contributed by atoms with Crippen LogP contribution >= 0.6 is 0 Å². The molecule has 1 aromatic rings. The largest absolute Gasteiger partial charge is 0.481 e. The van der Waals surface area contributed by atoms with Crippen LogP contribution in [0.4, 0.5) is 0 Å². The van der Waals surface area contributed by atoms with Crippen molar-refractivity contribution >= 4 is 11.9 Å². The minimum Gasteiger partial charge on any atom is -0.481 e. The molecule has 0 aromatic carbocycles. The summed E-state index contributed by atoms with van der Waals surface area (Å²) in [5.41, 5.74) is 0.911. The van der Waals surface area contributed by atoms with Crippen LogP contribution in [-0.4, -0.2) is 22.0 Å². The molecule has 1 fully saturated rings. The molecule has 17 heavy (non-hydrogen) atoms. The Labute approximate surface area is 98.9 Å². The molecule has 1 saturated carbocycles. The van der Waals surface area contributed by atoms with Gasteiger partial charge in [0.1, 0.15) is 0 Å². The van der Waals surface area contributed by atoms with Gasteiger partial charge in [-0.05, 0) is 25.0 Å². The van der Waals surface area contributed by atoms with Crippen molar-refractivity contribution in [1.29, 1.82) is 0 Å². The van der Waals surface area contributed by atoms with Crippen LogP contribution in [0.1, 0.15) is 24.9 Å². The summed E-state index contributed by atoms with van der Waals surface area (Å²) in [6.45, 7) is 1.85. The molecule has 2 N–H and O–H groups in total. The number of hydrogen-bond acceptors (Lipinski definition) is 3. The SMILES string of the molecule is CC(NC(=O)[C@@H]1C[C@@H]1C(=O)O)c1cccnc1. The van der Waals surface area contributed by atoms with Gasteiger partial charge in [-0.3, -0.25) is 14.6 Å². The van der Waals surface area contributed by atoms with E-state index in [9.17, 15) is 9.59 Å². The third-order valence-electron chi connectivity index (χ3n) is 2.99. The molecule has 0 saturated heterocycles. The van der Waals surface area contributed by atoms with Crippen LogP contribution in [0.3, 0.4) is 0 Å². The first-order chi connectivity index (χ1) is 8.09. The Balaban J connectivity index is 1.90. The molecular formula is C12H14N2O3. The maximum atomic E-state index is 11.7. The van der Waals surface area contributed by atoms with Crippen LogP contribution in [0.5, 0.6) is 0 Å². The molecular weight excluding hydrogens is 220 g/mol. The molecule has 5 nitrogen and oxygen atoms in total. The maximum Gasteiger partial charge on any atom is 0.307 e. The van der Waals surface area contributed by atoms with Crippen molar-refractivity contribution in [1.82, 2.24) is 10.3 Å². The first kappa shape index (κ1) is 11.6. The monoisotopic (exact) mass is 234 g/mol. The molecule has 0 radical (unpaired) electrons. The van der Waals surface area contributed by atoms with E-state index in [4.69, 9.17) is 5.11 Å². The molecule has 1 heterocycles. The van der Waals surface area contributed by atoms with Crippen LogP contribution in [0.15, 0.2) is 24.5 Å². The highest BCUT2D eigenvalue weighted by Crippen LogP contribution is 2.39. The summed E-state index contributed by atoms with van der Waals surface area (Å²) in [6.07, 6.45) is 3.80. The second kappa shape index (κ2) is 4.53. The maximum absolute atomic E-state index is 11.7. The molecule has 1 aliphatic rings. The number of nitrogens with one attached hydrogen (secondary N) is 1. The van der Waals surface area contributed by atoms with Crippen molar-refractivity contribution in [2.45, 2.75) is 19.4 Å². The van der Waals surface area contributed by atoms with E-state index in [1.54, 1.807) is 18.5 Å². The number of aromatic nitrogens is 1. The number of nitrogens with zero attached hydrogens (tertiary/aromatic N) is 1. The lowest BCUT2D eigenvalue weighted by atomic mass is 10.1. The van der Waals surface area contributed by atoms with Gasteiger partial charge in [0.2, 0.25) is 5.91 Å². The summed E-state index contributed by atoms with van der Waals surface area (Å²) < 4.78 is 0. The zero-order valence-corrected chi connectivity index (χ0v) is 9.46. The molecule has 1 aromatic heterocycles. The van der Waals surface area contributed by atoms with Gasteiger partial charge in [-0.1, -0.05) is 6.07 Å². The summed E-state index contributed by atoms with van der Waals surface area (Å²) in [5.74, 6) is -1.95. The molecule has 5 heteroatoms. The van der Waals surface area contributed by atoms with Gasteiger partial charge in [0.25, 0.3) is 0 Å². The van der Waals surface area contributed by atoms with Crippen LogP contribution < -0.4 is 5.32 Å². The first-order valence-electron chi connectivity index (χ1n) is 5.52. The summed E-state index contributed by atoms with van der Waals surface area (Å²) in [7, 11) is 0. The van der Waals surface area contributed by atoms with Gasteiger partial charge in [-0.15, -0.1) is 0 Å². The second-order valence-electron chi connectivity index (χ2n) is 4.30. The molecule has 0 spiro atoms. The number of carbonyl (C=O) groups is 2. The number of rotatable bonds is 4. The van der Waals surface area contributed by atoms with Crippen LogP contribution in [-0.2, 0) is 9.59 Å². The van der Waals surface area contributed by atoms with E-state index in [2.05, 4.69) is 10.3 Å². The fraction of sp³-hybridized carbons (Fsp3) is 0.417. The molecule has 0 bridgehead atoms. The second-order valence-corrected chi connectivity index (χ2v) is 4.30. The molecule has 90 valence electrons. The Morgan fingerprint density at radius 2 is 2.29 bits per heavy atom. The summed E-state index contributed by atoms with van der Waals surface area (Å²) in [5, 5.41) is 11.5. The zero-order valence-electron chi connectivity index (χ0n) is 9.46. The van der Waals surface area contributed by atoms with Gasteiger partial charge in [0.05, 0.1) is 17.9 Å². The number of aliphatic carboxylic acids is 1. The van der Waals surface area contributed by atoms with Crippen molar-refractivity contribution in [2.24, 2.45) is 11.8 Å². The molecule has 1 aliphatic carbocycles. The van der Waals surface area contributed by atoms with E-state index in [1.807, 2.05) is 13.0 Å². The van der Waals surface area contributed by atoms with E-state index in [1.165, 1.54) is 0 Å². The Kier molecular flexibility index (Phi) is 3.08. The minimum absolute atomic E-state index is 0.147.